The molecule has 1 N–H and O–H groups in total. The summed E-state index contributed by atoms with van der Waals surface area (Å²) in [6.07, 6.45) is 0.810. The van der Waals surface area contributed by atoms with E-state index in [1.165, 1.54) is 11.1 Å². The van der Waals surface area contributed by atoms with Crippen molar-refractivity contribution in [1.29, 1.82) is 0 Å². The van der Waals surface area contributed by atoms with Crippen LogP contribution in [0.15, 0.2) is 6.20 Å². The Morgan fingerprint density at radius 2 is 2.00 bits per heavy atom. The van der Waals surface area contributed by atoms with Crippen molar-refractivity contribution < 1.29 is 9.90 Å². The second kappa shape index (κ2) is 4.37. The van der Waals surface area contributed by atoms with Crippen LogP contribution in [0.2, 0.25) is 15.1 Å². The maximum atomic E-state index is 11.8. The summed E-state index contributed by atoms with van der Waals surface area (Å²) in [6, 6.07) is 0. The van der Waals surface area contributed by atoms with Gasteiger partial charge in [0.15, 0.2) is 0 Å². The van der Waals surface area contributed by atoms with E-state index in [-0.39, 0.29) is 39.8 Å². The van der Waals surface area contributed by atoms with Crippen molar-refractivity contribution in [3.8, 4) is 0 Å². The van der Waals surface area contributed by atoms with Gasteiger partial charge in [-0.1, -0.05) is 34.8 Å². The third kappa shape index (κ3) is 1.98. The highest BCUT2D eigenvalue weighted by Crippen LogP contribution is 2.32. The second-order valence-corrected chi connectivity index (χ2v) is 4.61. The Hall–Kier alpha value is -0.550. The molecule has 4 nitrogen and oxygen atoms in total. The quantitative estimate of drug-likeness (QED) is 0.855. The van der Waals surface area contributed by atoms with Crippen LogP contribution < -0.4 is 0 Å². The van der Waals surface area contributed by atoms with Crippen LogP contribution in [0.5, 0.6) is 0 Å². The molecule has 0 aliphatic carbocycles. The number of aliphatic hydroxyl groups is 1. The predicted octanol–water partition coefficient (Wildman–Crippen LogP) is 1.86. The molecule has 0 aromatic carbocycles. The van der Waals surface area contributed by atoms with E-state index in [9.17, 15) is 4.79 Å². The highest BCUT2D eigenvalue weighted by atomic mass is 35.5. The normalized spacial score (nSPS) is 16.1. The van der Waals surface area contributed by atoms with Crippen LogP contribution in [0.4, 0.5) is 0 Å². The minimum atomic E-state index is -0.467. The van der Waals surface area contributed by atoms with Gasteiger partial charge in [-0.3, -0.25) is 4.79 Å². The number of pyridine rings is 1. The van der Waals surface area contributed by atoms with Gasteiger partial charge >= 0.3 is 0 Å². The molecule has 1 fully saturated rings. The molecule has 0 radical (unpaired) electrons. The van der Waals surface area contributed by atoms with Crippen LogP contribution in [-0.4, -0.2) is 40.1 Å². The number of carbonyl (C=O) groups excluding carboxylic acids is 1. The number of amides is 1. The summed E-state index contributed by atoms with van der Waals surface area (Å²) in [5.41, 5.74) is 0.0583. The Balaban J connectivity index is 2.27. The zero-order valence-corrected chi connectivity index (χ0v) is 10.2. The zero-order valence-electron chi connectivity index (χ0n) is 7.95. The van der Waals surface area contributed by atoms with Gasteiger partial charge in [-0.05, 0) is 0 Å². The van der Waals surface area contributed by atoms with E-state index in [1.807, 2.05) is 0 Å². The first-order chi connectivity index (χ1) is 7.50. The monoisotopic (exact) mass is 280 g/mol. The smallest absolute Gasteiger partial charge is 0.274 e. The van der Waals surface area contributed by atoms with Crippen LogP contribution in [0, 0.1) is 0 Å². The third-order valence-corrected chi connectivity index (χ3v) is 3.51. The number of hydrogen-bond donors (Lipinski definition) is 1. The van der Waals surface area contributed by atoms with Crippen LogP contribution >= 0.6 is 34.8 Å². The highest BCUT2D eigenvalue weighted by Gasteiger charge is 2.31. The van der Waals surface area contributed by atoms with Gasteiger partial charge < -0.3 is 10.0 Å². The zero-order chi connectivity index (χ0) is 11.9. The minimum Gasteiger partial charge on any atom is -0.389 e. The lowest BCUT2D eigenvalue weighted by atomic mass is 10.1. The van der Waals surface area contributed by atoms with E-state index in [2.05, 4.69) is 4.98 Å². The average Bonchev–Trinajstić information content (AvgIpc) is 2.21. The molecule has 1 aliphatic rings. The average molecular weight is 282 g/mol. The first-order valence-corrected chi connectivity index (χ1v) is 5.61. The molecule has 2 heterocycles. The fraction of sp³-hybridized carbons (Fsp3) is 0.333. The lowest BCUT2D eigenvalue weighted by molar-refractivity contribution is 0.00552. The summed E-state index contributed by atoms with van der Waals surface area (Å²) in [7, 11) is 0. The van der Waals surface area contributed by atoms with Crippen molar-refractivity contribution in [3.63, 3.8) is 0 Å². The van der Waals surface area contributed by atoms with Crippen molar-refractivity contribution in [2.45, 2.75) is 6.10 Å². The predicted molar refractivity (Wildman–Crippen MR) is 61.2 cm³/mol. The fourth-order valence-corrected chi connectivity index (χ4v) is 1.92. The molecular formula is C9H7Cl3N2O2. The Kier molecular flexibility index (Phi) is 3.26. The van der Waals surface area contributed by atoms with Crippen LogP contribution in [0.25, 0.3) is 0 Å². The SMILES string of the molecule is O=C(c1ncc(Cl)c(Cl)c1Cl)N1CC(O)C1. The van der Waals surface area contributed by atoms with Crippen LogP contribution in [0.3, 0.4) is 0 Å². The summed E-state index contributed by atoms with van der Waals surface area (Å²) in [5, 5.41) is 9.44. The molecule has 0 saturated carbocycles. The molecule has 7 heteroatoms. The van der Waals surface area contributed by atoms with Gasteiger partial charge in [-0.15, -0.1) is 0 Å². The van der Waals surface area contributed by atoms with Gasteiger partial charge in [0.1, 0.15) is 5.69 Å². The number of carbonyl (C=O) groups is 1. The molecule has 0 bridgehead atoms. The summed E-state index contributed by atoms with van der Waals surface area (Å²) >= 11 is 17.4. The lowest BCUT2D eigenvalue weighted by Crippen LogP contribution is -2.53. The minimum absolute atomic E-state index is 0.0422. The molecule has 86 valence electrons. The molecule has 0 unspecified atom stereocenters. The van der Waals surface area contributed by atoms with E-state index in [0.717, 1.165) is 0 Å². The summed E-state index contributed by atoms with van der Waals surface area (Å²) in [4.78, 5) is 17.1. The maximum absolute atomic E-state index is 11.8. The number of likely N-dealkylation sites (tertiary alicyclic amines) is 1. The fourth-order valence-electron chi connectivity index (χ4n) is 1.36. The van der Waals surface area contributed by atoms with Gasteiger partial charge in [0.25, 0.3) is 5.91 Å². The molecule has 1 saturated heterocycles. The van der Waals surface area contributed by atoms with Crippen molar-refractivity contribution >= 4 is 40.7 Å². The number of halogens is 3. The lowest BCUT2D eigenvalue weighted by Gasteiger charge is -2.35. The maximum Gasteiger partial charge on any atom is 0.274 e. The Bertz CT molecular complexity index is 447. The number of β-amino-alcohol motifs (C(OH)–C–C–N with tert-alkyl or cyclic N) is 1. The third-order valence-electron chi connectivity index (χ3n) is 2.27. The standard InChI is InChI=1S/C9H7Cl3N2O2/c10-5-1-13-8(7(12)6(5)11)9(16)14-2-4(15)3-14/h1,4,15H,2-3H2. The van der Waals surface area contributed by atoms with E-state index >= 15 is 0 Å². The summed E-state index contributed by atoms with van der Waals surface area (Å²) < 4.78 is 0. The van der Waals surface area contributed by atoms with Crippen molar-refractivity contribution in [1.82, 2.24) is 9.88 Å². The van der Waals surface area contributed by atoms with Gasteiger partial charge in [0.2, 0.25) is 0 Å². The molecule has 0 atom stereocenters. The first kappa shape index (κ1) is 11.9. The number of rotatable bonds is 1. The van der Waals surface area contributed by atoms with E-state index in [4.69, 9.17) is 39.9 Å². The molecule has 1 aromatic rings. The van der Waals surface area contributed by atoms with Crippen molar-refractivity contribution in [2.75, 3.05) is 13.1 Å². The van der Waals surface area contributed by atoms with Crippen LogP contribution in [-0.2, 0) is 0 Å². The Morgan fingerprint density at radius 1 is 1.38 bits per heavy atom. The number of nitrogens with zero attached hydrogens (tertiary/aromatic N) is 2. The molecular weight excluding hydrogens is 274 g/mol. The first-order valence-electron chi connectivity index (χ1n) is 4.47. The van der Waals surface area contributed by atoms with Gasteiger partial charge in [0.05, 0.1) is 21.2 Å². The molecule has 1 amide bonds. The summed E-state index contributed by atoms with van der Waals surface area (Å²) in [6.45, 7) is 0.578. The van der Waals surface area contributed by atoms with Crippen molar-refractivity contribution in [2.24, 2.45) is 0 Å². The number of aromatic nitrogens is 1. The Morgan fingerprint density at radius 3 is 2.56 bits per heavy atom. The van der Waals surface area contributed by atoms with Crippen LogP contribution in [0.1, 0.15) is 10.5 Å². The molecule has 2 rings (SSSR count). The number of aliphatic hydroxyl groups excluding tert-OH is 1. The van der Waals surface area contributed by atoms with Crippen molar-refractivity contribution in [3.05, 3.63) is 27.0 Å². The van der Waals surface area contributed by atoms with Gasteiger partial charge in [-0.25, -0.2) is 4.98 Å². The Labute approximate surface area is 107 Å². The van der Waals surface area contributed by atoms with E-state index < -0.39 is 6.10 Å². The van der Waals surface area contributed by atoms with Gasteiger partial charge in [-0.2, -0.15) is 0 Å². The van der Waals surface area contributed by atoms with E-state index in [1.54, 1.807) is 0 Å². The second-order valence-electron chi connectivity index (χ2n) is 3.45. The molecule has 1 aromatic heterocycles. The highest BCUT2D eigenvalue weighted by molar-refractivity contribution is 6.48. The molecule has 1 aliphatic heterocycles. The van der Waals surface area contributed by atoms with Gasteiger partial charge in [0, 0.05) is 19.3 Å². The number of hydrogen-bond acceptors (Lipinski definition) is 3. The largest absolute Gasteiger partial charge is 0.389 e. The molecule has 0 spiro atoms. The summed E-state index contributed by atoms with van der Waals surface area (Å²) in [5.74, 6) is -0.353. The topological polar surface area (TPSA) is 53.4 Å². The van der Waals surface area contributed by atoms with E-state index in [0.29, 0.717) is 0 Å². The molecule has 16 heavy (non-hydrogen) atoms.